The Kier molecular flexibility index (Phi) is 9.08. The monoisotopic (exact) mass is 472 g/mol. The topological polar surface area (TPSA) is 80.0 Å². The van der Waals surface area contributed by atoms with Gasteiger partial charge in [0.2, 0.25) is 5.91 Å². The summed E-state index contributed by atoms with van der Waals surface area (Å²) in [4.78, 5) is 17.7. The Morgan fingerprint density at radius 2 is 1.59 bits per heavy atom. The van der Waals surface area contributed by atoms with Crippen LogP contribution in [-0.4, -0.2) is 23.0 Å². The standard InChI is InChI=1S/C25H28N4O.2ClH/c1-18-22(11-12-23(26)29-18)17-27-24(30)25(15-20-9-5-6-10-21(20)16-25)28-14-13-19-7-3-2-4-8-19;;/h2-12,28H,13-17H2,1H3,(H2,26,29)(H,27,30);2*1H. The maximum Gasteiger partial charge on any atom is 0.241 e. The number of anilines is 1. The first-order valence-electron chi connectivity index (χ1n) is 10.4. The van der Waals surface area contributed by atoms with Gasteiger partial charge in [0.05, 0.1) is 0 Å². The molecule has 2 aromatic carbocycles. The molecule has 1 aliphatic carbocycles. The third-order valence-electron chi connectivity index (χ3n) is 5.91. The van der Waals surface area contributed by atoms with Gasteiger partial charge in [0.25, 0.3) is 0 Å². The molecule has 7 heteroatoms. The zero-order chi connectivity index (χ0) is 21.0. The Hall–Kier alpha value is -2.60. The van der Waals surface area contributed by atoms with E-state index in [9.17, 15) is 4.79 Å². The number of nitrogens with one attached hydrogen (secondary N) is 2. The molecule has 3 aromatic rings. The number of nitrogens with zero attached hydrogens (tertiary/aromatic N) is 1. The van der Waals surface area contributed by atoms with E-state index in [1.165, 1.54) is 16.7 Å². The van der Waals surface area contributed by atoms with Gasteiger partial charge in [0.15, 0.2) is 0 Å². The van der Waals surface area contributed by atoms with Crippen LogP contribution in [0.1, 0.15) is 27.9 Å². The second-order valence-corrected chi connectivity index (χ2v) is 8.03. The number of amides is 1. The molecule has 32 heavy (non-hydrogen) atoms. The number of hydrogen-bond acceptors (Lipinski definition) is 4. The SMILES string of the molecule is Cc1nc(N)ccc1CNC(=O)C1(NCCc2ccccc2)Cc2ccccc2C1.Cl.Cl. The van der Waals surface area contributed by atoms with Gasteiger partial charge in [-0.2, -0.15) is 0 Å². The molecule has 4 rings (SSSR count). The molecule has 0 radical (unpaired) electrons. The first-order valence-corrected chi connectivity index (χ1v) is 10.4. The molecule has 0 saturated heterocycles. The summed E-state index contributed by atoms with van der Waals surface area (Å²) in [5.74, 6) is 0.524. The number of carbonyl (C=O) groups excluding carboxylic acids is 1. The summed E-state index contributed by atoms with van der Waals surface area (Å²) in [5, 5.41) is 6.75. The zero-order valence-electron chi connectivity index (χ0n) is 18.1. The first kappa shape index (κ1) is 25.7. The number of benzene rings is 2. The van der Waals surface area contributed by atoms with Crippen molar-refractivity contribution in [2.75, 3.05) is 12.3 Å². The van der Waals surface area contributed by atoms with E-state index in [0.717, 1.165) is 24.2 Å². The van der Waals surface area contributed by atoms with E-state index in [1.54, 1.807) is 6.07 Å². The molecule has 0 bridgehead atoms. The molecule has 0 unspecified atom stereocenters. The van der Waals surface area contributed by atoms with Gasteiger partial charge < -0.3 is 16.4 Å². The van der Waals surface area contributed by atoms with Crippen molar-refractivity contribution in [1.29, 1.82) is 0 Å². The largest absolute Gasteiger partial charge is 0.384 e. The third-order valence-corrected chi connectivity index (χ3v) is 5.91. The number of nitrogens with two attached hydrogens (primary N) is 1. The molecule has 1 aliphatic rings. The first-order chi connectivity index (χ1) is 14.6. The zero-order valence-corrected chi connectivity index (χ0v) is 19.8. The fourth-order valence-corrected chi connectivity index (χ4v) is 4.21. The summed E-state index contributed by atoms with van der Waals surface area (Å²) in [7, 11) is 0. The predicted molar refractivity (Wildman–Crippen MR) is 134 cm³/mol. The highest BCUT2D eigenvalue weighted by Gasteiger charge is 2.43. The summed E-state index contributed by atoms with van der Waals surface area (Å²) in [6.45, 7) is 3.10. The number of nitrogen functional groups attached to an aromatic ring is 1. The van der Waals surface area contributed by atoms with Crippen LogP contribution in [0.15, 0.2) is 66.7 Å². The summed E-state index contributed by atoms with van der Waals surface area (Å²) >= 11 is 0. The molecule has 0 fully saturated rings. The number of fused-ring (bicyclic) bond motifs is 1. The van der Waals surface area contributed by atoms with Crippen LogP contribution < -0.4 is 16.4 Å². The number of halogens is 2. The van der Waals surface area contributed by atoms with Crippen molar-refractivity contribution in [3.05, 3.63) is 94.7 Å². The number of rotatable bonds is 7. The molecule has 0 spiro atoms. The number of pyridine rings is 1. The van der Waals surface area contributed by atoms with E-state index in [2.05, 4.69) is 39.9 Å². The van der Waals surface area contributed by atoms with Crippen molar-refractivity contribution >= 4 is 36.5 Å². The Balaban J connectivity index is 0.00000181. The van der Waals surface area contributed by atoms with Crippen LogP contribution in [0, 0.1) is 6.92 Å². The van der Waals surface area contributed by atoms with E-state index in [1.807, 2.05) is 43.3 Å². The Bertz CT molecular complexity index is 1020. The van der Waals surface area contributed by atoms with Crippen molar-refractivity contribution in [2.24, 2.45) is 0 Å². The molecule has 0 saturated carbocycles. The minimum atomic E-state index is -0.631. The fourth-order valence-electron chi connectivity index (χ4n) is 4.21. The maximum absolute atomic E-state index is 13.4. The average molecular weight is 473 g/mol. The second-order valence-electron chi connectivity index (χ2n) is 8.03. The number of hydrogen-bond donors (Lipinski definition) is 3. The van der Waals surface area contributed by atoms with Gasteiger partial charge in [-0.15, -0.1) is 24.8 Å². The van der Waals surface area contributed by atoms with Crippen LogP contribution in [0.4, 0.5) is 5.82 Å². The van der Waals surface area contributed by atoms with Gasteiger partial charge in [-0.1, -0.05) is 60.7 Å². The van der Waals surface area contributed by atoms with Crippen LogP contribution in [-0.2, 0) is 30.6 Å². The number of carbonyl (C=O) groups is 1. The maximum atomic E-state index is 13.4. The molecule has 5 nitrogen and oxygen atoms in total. The Morgan fingerprint density at radius 3 is 2.22 bits per heavy atom. The summed E-state index contributed by atoms with van der Waals surface area (Å²) in [6, 6.07) is 22.4. The quantitative estimate of drug-likeness (QED) is 0.488. The minimum absolute atomic E-state index is 0. The van der Waals surface area contributed by atoms with E-state index in [-0.39, 0.29) is 30.7 Å². The highest BCUT2D eigenvalue weighted by Crippen LogP contribution is 2.30. The molecule has 0 atom stereocenters. The lowest BCUT2D eigenvalue weighted by Crippen LogP contribution is -2.58. The molecule has 4 N–H and O–H groups in total. The number of aryl methyl sites for hydroxylation is 1. The van der Waals surface area contributed by atoms with Gasteiger partial charge in [0.1, 0.15) is 11.4 Å². The molecule has 1 heterocycles. The summed E-state index contributed by atoms with van der Waals surface area (Å²) in [5.41, 5.74) is 10.7. The lowest BCUT2D eigenvalue weighted by atomic mass is 9.93. The highest BCUT2D eigenvalue weighted by atomic mass is 35.5. The molecule has 1 aromatic heterocycles. The lowest BCUT2D eigenvalue weighted by molar-refractivity contribution is -0.127. The lowest BCUT2D eigenvalue weighted by Gasteiger charge is -2.29. The molecule has 1 amide bonds. The molecule has 0 aliphatic heterocycles. The van der Waals surface area contributed by atoms with Gasteiger partial charge in [0, 0.05) is 31.6 Å². The minimum Gasteiger partial charge on any atom is -0.384 e. The summed E-state index contributed by atoms with van der Waals surface area (Å²) < 4.78 is 0. The predicted octanol–water partition coefficient (Wildman–Crippen LogP) is 3.80. The second kappa shape index (κ2) is 11.3. The average Bonchev–Trinajstić information content (AvgIpc) is 3.13. The van der Waals surface area contributed by atoms with Crippen molar-refractivity contribution in [1.82, 2.24) is 15.6 Å². The molecular formula is C25H30Cl2N4O. The highest BCUT2D eigenvalue weighted by molar-refractivity contribution is 5.88. The van der Waals surface area contributed by atoms with Crippen LogP contribution in [0.5, 0.6) is 0 Å². The smallest absolute Gasteiger partial charge is 0.241 e. The van der Waals surface area contributed by atoms with Crippen molar-refractivity contribution in [2.45, 2.75) is 38.3 Å². The van der Waals surface area contributed by atoms with E-state index in [4.69, 9.17) is 5.73 Å². The van der Waals surface area contributed by atoms with Gasteiger partial charge >= 0.3 is 0 Å². The van der Waals surface area contributed by atoms with Crippen LogP contribution in [0.2, 0.25) is 0 Å². The van der Waals surface area contributed by atoms with E-state index >= 15 is 0 Å². The number of aromatic nitrogens is 1. The fraction of sp³-hybridized carbons (Fsp3) is 0.280. The van der Waals surface area contributed by atoms with E-state index in [0.29, 0.717) is 25.2 Å². The van der Waals surface area contributed by atoms with Crippen LogP contribution in [0.25, 0.3) is 0 Å². The molecule has 170 valence electrons. The normalized spacial score (nSPS) is 13.4. The Labute approximate surface area is 202 Å². The van der Waals surface area contributed by atoms with E-state index < -0.39 is 5.54 Å². The van der Waals surface area contributed by atoms with Crippen molar-refractivity contribution in [3.8, 4) is 0 Å². The van der Waals surface area contributed by atoms with Crippen molar-refractivity contribution < 1.29 is 4.79 Å². The molecular weight excluding hydrogens is 443 g/mol. The third kappa shape index (κ3) is 5.80. The Morgan fingerprint density at radius 1 is 0.969 bits per heavy atom. The summed E-state index contributed by atoms with van der Waals surface area (Å²) in [6.07, 6.45) is 2.28. The van der Waals surface area contributed by atoms with Gasteiger partial charge in [-0.25, -0.2) is 4.98 Å². The van der Waals surface area contributed by atoms with Crippen molar-refractivity contribution in [3.63, 3.8) is 0 Å². The van der Waals surface area contributed by atoms with Gasteiger partial charge in [-0.3, -0.25) is 4.79 Å². The van der Waals surface area contributed by atoms with Crippen LogP contribution in [0.3, 0.4) is 0 Å². The van der Waals surface area contributed by atoms with Gasteiger partial charge in [-0.05, 0) is 41.7 Å². The van der Waals surface area contributed by atoms with Crippen LogP contribution >= 0.6 is 24.8 Å².